The second-order valence-corrected chi connectivity index (χ2v) is 7.31. The molecule has 3 aromatic rings. The molecule has 3 rings (SSSR count). The van der Waals surface area contributed by atoms with Crippen molar-refractivity contribution in [2.75, 3.05) is 18.4 Å². The molecule has 5 nitrogen and oxygen atoms in total. The summed E-state index contributed by atoms with van der Waals surface area (Å²) in [6, 6.07) is 24.4. The lowest BCUT2D eigenvalue weighted by Gasteiger charge is -2.18. The van der Waals surface area contributed by atoms with Gasteiger partial charge in [-0.05, 0) is 73.6 Å². The van der Waals surface area contributed by atoms with Crippen LogP contribution in [-0.2, 0) is 0 Å². The number of amides is 2. The number of carbonyl (C=O) groups is 2. The molecule has 31 heavy (non-hydrogen) atoms. The van der Waals surface area contributed by atoms with Gasteiger partial charge in [-0.15, -0.1) is 0 Å². The molecule has 0 spiro atoms. The number of benzene rings is 3. The fraction of sp³-hybridized carbons (Fsp3) is 0.160. The number of nitrogens with one attached hydrogen (secondary N) is 2. The van der Waals surface area contributed by atoms with Gasteiger partial charge in [-0.2, -0.15) is 0 Å². The molecule has 2 N–H and O–H groups in total. The normalized spacial score (nSPS) is 10.3. The monoisotopic (exact) mass is 431 g/mol. The van der Waals surface area contributed by atoms with Crippen molar-refractivity contribution in [3.8, 4) is 11.1 Å². The van der Waals surface area contributed by atoms with Crippen LogP contribution in [0, 0.1) is 0 Å². The molecule has 0 bridgehead atoms. The fourth-order valence-electron chi connectivity index (χ4n) is 3.17. The number of nitrogens with zero attached hydrogens (tertiary/aromatic N) is 1. The number of rotatable bonds is 6. The first kappa shape index (κ1) is 22.2. The Labute approximate surface area is 188 Å². The van der Waals surface area contributed by atoms with E-state index >= 15 is 0 Å². The smallest absolute Gasteiger partial charge is 0.257 e. The topological polar surface area (TPSA) is 61.4 Å². The summed E-state index contributed by atoms with van der Waals surface area (Å²) in [5.41, 5.74) is 3.96. The van der Waals surface area contributed by atoms with Crippen LogP contribution in [0.25, 0.3) is 11.1 Å². The summed E-state index contributed by atoms with van der Waals surface area (Å²) in [6.45, 7) is 5.23. The molecule has 0 fully saturated rings. The number of hydrogen-bond acceptors (Lipinski definition) is 3. The van der Waals surface area contributed by atoms with E-state index in [4.69, 9.17) is 12.2 Å². The lowest BCUT2D eigenvalue weighted by molar-refractivity contribution is 0.0772. The van der Waals surface area contributed by atoms with Gasteiger partial charge in [-0.25, -0.2) is 0 Å². The van der Waals surface area contributed by atoms with Gasteiger partial charge < -0.3 is 10.2 Å². The van der Waals surface area contributed by atoms with Crippen LogP contribution in [0.1, 0.15) is 34.6 Å². The van der Waals surface area contributed by atoms with E-state index in [0.29, 0.717) is 29.9 Å². The van der Waals surface area contributed by atoms with Crippen molar-refractivity contribution >= 4 is 34.8 Å². The summed E-state index contributed by atoms with van der Waals surface area (Å²) >= 11 is 5.26. The van der Waals surface area contributed by atoms with Gasteiger partial charge >= 0.3 is 0 Å². The molecule has 3 aromatic carbocycles. The van der Waals surface area contributed by atoms with Crippen molar-refractivity contribution in [1.29, 1.82) is 0 Å². The van der Waals surface area contributed by atoms with Gasteiger partial charge in [0.25, 0.3) is 11.8 Å². The zero-order valence-corrected chi connectivity index (χ0v) is 18.4. The highest BCUT2D eigenvalue weighted by atomic mass is 32.1. The summed E-state index contributed by atoms with van der Waals surface area (Å²) in [7, 11) is 0. The third-order valence-electron chi connectivity index (χ3n) is 4.92. The fourth-order valence-corrected chi connectivity index (χ4v) is 3.38. The first-order valence-electron chi connectivity index (χ1n) is 10.2. The van der Waals surface area contributed by atoms with Crippen LogP contribution in [0.15, 0.2) is 78.9 Å². The molecule has 0 aliphatic carbocycles. The summed E-state index contributed by atoms with van der Waals surface area (Å²) in [5, 5.41) is 5.86. The molecule has 6 heteroatoms. The predicted molar refractivity (Wildman–Crippen MR) is 129 cm³/mol. The molecule has 0 saturated carbocycles. The SMILES string of the molecule is CCN(CC)C(=O)c1ccc(NC(=S)NC(=O)c2ccc(-c3ccccc3)cc2)cc1. The Bertz CT molecular complexity index is 1040. The van der Waals surface area contributed by atoms with E-state index in [1.807, 2.05) is 56.3 Å². The Morgan fingerprint density at radius 1 is 0.774 bits per heavy atom. The van der Waals surface area contributed by atoms with E-state index < -0.39 is 0 Å². The second-order valence-electron chi connectivity index (χ2n) is 6.91. The molecule has 0 radical (unpaired) electrons. The predicted octanol–water partition coefficient (Wildman–Crippen LogP) is 4.96. The van der Waals surface area contributed by atoms with Crippen molar-refractivity contribution in [1.82, 2.24) is 10.2 Å². The molecule has 0 aliphatic heterocycles. The maximum atomic E-state index is 12.5. The highest BCUT2D eigenvalue weighted by Crippen LogP contribution is 2.19. The van der Waals surface area contributed by atoms with Crippen LogP contribution in [-0.4, -0.2) is 34.9 Å². The van der Waals surface area contributed by atoms with E-state index in [0.717, 1.165) is 11.1 Å². The van der Waals surface area contributed by atoms with E-state index in [-0.39, 0.29) is 16.9 Å². The van der Waals surface area contributed by atoms with Crippen molar-refractivity contribution < 1.29 is 9.59 Å². The van der Waals surface area contributed by atoms with Crippen molar-refractivity contribution in [2.45, 2.75) is 13.8 Å². The average molecular weight is 432 g/mol. The largest absolute Gasteiger partial charge is 0.339 e. The number of hydrogen-bond donors (Lipinski definition) is 2. The summed E-state index contributed by atoms with van der Waals surface area (Å²) in [4.78, 5) is 26.6. The van der Waals surface area contributed by atoms with Crippen LogP contribution in [0.5, 0.6) is 0 Å². The molecular formula is C25H25N3O2S. The molecule has 158 valence electrons. The molecule has 0 aromatic heterocycles. The number of carbonyl (C=O) groups excluding carboxylic acids is 2. The van der Waals surface area contributed by atoms with Gasteiger partial charge in [0.1, 0.15) is 0 Å². The van der Waals surface area contributed by atoms with Crippen LogP contribution in [0.4, 0.5) is 5.69 Å². The zero-order chi connectivity index (χ0) is 22.2. The minimum atomic E-state index is -0.287. The minimum absolute atomic E-state index is 0.00798. The van der Waals surface area contributed by atoms with Crippen LogP contribution in [0.2, 0.25) is 0 Å². The molecule has 0 aliphatic rings. The lowest BCUT2D eigenvalue weighted by atomic mass is 10.0. The Hall–Kier alpha value is -3.51. The van der Waals surface area contributed by atoms with Crippen LogP contribution >= 0.6 is 12.2 Å². The van der Waals surface area contributed by atoms with Crippen molar-refractivity contribution in [2.24, 2.45) is 0 Å². The Morgan fingerprint density at radius 3 is 1.90 bits per heavy atom. The Balaban J connectivity index is 1.58. The summed E-state index contributed by atoms with van der Waals surface area (Å²) in [6.07, 6.45) is 0. The molecular weight excluding hydrogens is 406 g/mol. The lowest BCUT2D eigenvalue weighted by Crippen LogP contribution is -2.34. The highest BCUT2D eigenvalue weighted by Gasteiger charge is 2.13. The third-order valence-corrected chi connectivity index (χ3v) is 5.13. The molecule has 0 unspecified atom stereocenters. The Kier molecular flexibility index (Phi) is 7.51. The van der Waals surface area contributed by atoms with Gasteiger partial charge in [0.05, 0.1) is 0 Å². The number of thiocarbonyl (C=S) groups is 1. The van der Waals surface area contributed by atoms with Crippen LogP contribution in [0.3, 0.4) is 0 Å². The number of anilines is 1. The van der Waals surface area contributed by atoms with Crippen LogP contribution < -0.4 is 10.6 Å². The minimum Gasteiger partial charge on any atom is -0.339 e. The maximum Gasteiger partial charge on any atom is 0.257 e. The molecule has 0 atom stereocenters. The second kappa shape index (κ2) is 10.5. The zero-order valence-electron chi connectivity index (χ0n) is 17.6. The molecule has 2 amide bonds. The summed E-state index contributed by atoms with van der Waals surface area (Å²) < 4.78 is 0. The maximum absolute atomic E-state index is 12.5. The molecule has 0 saturated heterocycles. The Morgan fingerprint density at radius 2 is 1.32 bits per heavy atom. The third kappa shape index (κ3) is 5.77. The van der Waals surface area contributed by atoms with E-state index in [2.05, 4.69) is 10.6 Å². The standard InChI is InChI=1S/C25H25N3O2S/c1-3-28(4-2)24(30)21-14-16-22(17-15-21)26-25(31)27-23(29)20-12-10-19(11-13-20)18-8-6-5-7-9-18/h5-17H,3-4H2,1-2H3,(H2,26,27,29,31). The van der Waals surface area contributed by atoms with E-state index in [1.54, 1.807) is 41.3 Å². The highest BCUT2D eigenvalue weighted by molar-refractivity contribution is 7.80. The van der Waals surface area contributed by atoms with E-state index in [1.165, 1.54) is 0 Å². The van der Waals surface area contributed by atoms with E-state index in [9.17, 15) is 9.59 Å². The average Bonchev–Trinajstić information content (AvgIpc) is 2.81. The van der Waals surface area contributed by atoms with Crippen molar-refractivity contribution in [3.05, 3.63) is 90.0 Å². The van der Waals surface area contributed by atoms with Gasteiger partial charge in [-0.3, -0.25) is 14.9 Å². The van der Waals surface area contributed by atoms with Gasteiger partial charge in [0.15, 0.2) is 5.11 Å². The summed E-state index contributed by atoms with van der Waals surface area (Å²) in [5.74, 6) is -0.295. The van der Waals surface area contributed by atoms with Crippen molar-refractivity contribution in [3.63, 3.8) is 0 Å². The first-order valence-corrected chi connectivity index (χ1v) is 10.6. The van der Waals surface area contributed by atoms with Gasteiger partial charge in [-0.1, -0.05) is 42.5 Å². The van der Waals surface area contributed by atoms with Gasteiger partial charge in [0.2, 0.25) is 0 Å². The first-order chi connectivity index (χ1) is 15.0. The molecule has 0 heterocycles. The van der Waals surface area contributed by atoms with Gasteiger partial charge in [0, 0.05) is 29.9 Å². The quantitative estimate of drug-likeness (QED) is 0.542.